The molecule has 2 heterocycles. The quantitative estimate of drug-likeness (QED) is 0.193. The molecule has 0 spiro atoms. The van der Waals surface area contributed by atoms with Gasteiger partial charge in [-0.1, -0.05) is 102 Å². The standard InChI is InChI=1S/C44H40N2O/c1-43(2,3)29-13-11-15-31(25-29)45-39-19-9-7-17-35(39)37-23-21-33(27-41(37)45)47-34-22-24-38-36-18-8-10-20-40(36)46(42(38)28-34)32-16-12-14-30(26-32)44(4,5)6/h7-28H,1-6H3. The van der Waals surface area contributed by atoms with Gasteiger partial charge in [0.1, 0.15) is 11.5 Å². The van der Waals surface area contributed by atoms with Crippen molar-refractivity contribution in [3.8, 4) is 22.9 Å². The van der Waals surface area contributed by atoms with Crippen LogP contribution in [0.3, 0.4) is 0 Å². The van der Waals surface area contributed by atoms with Gasteiger partial charge < -0.3 is 13.9 Å². The van der Waals surface area contributed by atoms with Crippen LogP contribution >= 0.6 is 0 Å². The summed E-state index contributed by atoms with van der Waals surface area (Å²) in [7, 11) is 0. The summed E-state index contributed by atoms with van der Waals surface area (Å²) < 4.78 is 11.4. The number of ether oxygens (including phenoxy) is 1. The molecule has 47 heavy (non-hydrogen) atoms. The molecule has 0 aliphatic rings. The Kier molecular flexibility index (Phi) is 6.59. The highest BCUT2D eigenvalue weighted by Gasteiger charge is 2.19. The summed E-state index contributed by atoms with van der Waals surface area (Å²) in [5.74, 6) is 1.62. The van der Waals surface area contributed by atoms with Gasteiger partial charge in [-0.05, 0) is 82.6 Å². The van der Waals surface area contributed by atoms with Crippen LogP contribution in [-0.2, 0) is 10.8 Å². The Morgan fingerprint density at radius 1 is 0.383 bits per heavy atom. The number of para-hydroxylation sites is 2. The lowest BCUT2D eigenvalue weighted by Crippen LogP contribution is -2.11. The molecular weight excluding hydrogens is 572 g/mol. The molecule has 0 fully saturated rings. The largest absolute Gasteiger partial charge is 0.457 e. The third kappa shape index (κ3) is 4.98. The van der Waals surface area contributed by atoms with Gasteiger partial charge in [-0.15, -0.1) is 0 Å². The van der Waals surface area contributed by atoms with Crippen molar-refractivity contribution in [1.82, 2.24) is 9.13 Å². The van der Waals surface area contributed by atoms with Crippen molar-refractivity contribution in [2.24, 2.45) is 0 Å². The molecule has 3 nitrogen and oxygen atoms in total. The van der Waals surface area contributed by atoms with Gasteiger partial charge in [0.2, 0.25) is 0 Å². The van der Waals surface area contributed by atoms with Crippen molar-refractivity contribution in [3.05, 3.63) is 145 Å². The van der Waals surface area contributed by atoms with E-state index in [1.54, 1.807) is 0 Å². The van der Waals surface area contributed by atoms with Crippen LogP contribution in [0.1, 0.15) is 52.7 Å². The Morgan fingerprint density at radius 3 is 1.21 bits per heavy atom. The van der Waals surface area contributed by atoms with Crippen LogP contribution in [0.2, 0.25) is 0 Å². The first kappa shape index (κ1) is 29.1. The van der Waals surface area contributed by atoms with E-state index in [0.717, 1.165) is 33.9 Å². The predicted molar refractivity (Wildman–Crippen MR) is 199 cm³/mol. The first-order valence-electron chi connectivity index (χ1n) is 16.5. The Morgan fingerprint density at radius 2 is 0.787 bits per heavy atom. The summed E-state index contributed by atoms with van der Waals surface area (Å²) in [6, 6.07) is 48.1. The maximum atomic E-state index is 6.70. The predicted octanol–water partition coefficient (Wildman–Crippen LogP) is 12.3. The smallest absolute Gasteiger partial charge is 0.129 e. The molecule has 0 saturated carbocycles. The fraction of sp³-hybridized carbons (Fsp3) is 0.182. The van der Waals surface area contributed by atoms with Crippen LogP contribution in [0.15, 0.2) is 133 Å². The topological polar surface area (TPSA) is 19.1 Å². The Bertz CT molecular complexity index is 2290. The number of hydrogen-bond acceptors (Lipinski definition) is 1. The average molecular weight is 613 g/mol. The summed E-state index contributed by atoms with van der Waals surface area (Å²) in [5.41, 5.74) is 9.68. The Hall–Kier alpha value is -5.28. The molecule has 3 heteroatoms. The van der Waals surface area contributed by atoms with E-state index in [-0.39, 0.29) is 10.8 Å². The van der Waals surface area contributed by atoms with Gasteiger partial charge in [0.15, 0.2) is 0 Å². The Labute approximate surface area is 276 Å². The second-order valence-corrected chi connectivity index (χ2v) is 14.8. The zero-order chi connectivity index (χ0) is 32.5. The molecule has 0 radical (unpaired) electrons. The van der Waals surface area contributed by atoms with Gasteiger partial charge in [0.25, 0.3) is 0 Å². The van der Waals surface area contributed by atoms with Crippen molar-refractivity contribution in [2.75, 3.05) is 0 Å². The fourth-order valence-corrected chi connectivity index (χ4v) is 6.94. The number of nitrogens with zero attached hydrogens (tertiary/aromatic N) is 2. The highest BCUT2D eigenvalue weighted by atomic mass is 16.5. The van der Waals surface area contributed by atoms with E-state index in [1.165, 1.54) is 43.7 Å². The first-order chi connectivity index (χ1) is 22.6. The maximum Gasteiger partial charge on any atom is 0.129 e. The zero-order valence-electron chi connectivity index (χ0n) is 28.0. The third-order valence-electron chi connectivity index (χ3n) is 9.47. The van der Waals surface area contributed by atoms with Crippen LogP contribution in [-0.4, -0.2) is 9.13 Å². The number of rotatable bonds is 4. The van der Waals surface area contributed by atoms with Crippen molar-refractivity contribution in [1.29, 1.82) is 0 Å². The average Bonchev–Trinajstić information content (AvgIpc) is 3.56. The monoisotopic (exact) mass is 612 g/mol. The molecule has 0 aliphatic carbocycles. The van der Waals surface area contributed by atoms with E-state index in [0.29, 0.717) is 0 Å². The van der Waals surface area contributed by atoms with Gasteiger partial charge in [0.05, 0.1) is 22.1 Å². The number of fused-ring (bicyclic) bond motifs is 6. The summed E-state index contributed by atoms with van der Waals surface area (Å²) in [4.78, 5) is 0. The highest BCUT2D eigenvalue weighted by Crippen LogP contribution is 2.39. The first-order valence-corrected chi connectivity index (χ1v) is 16.5. The second kappa shape index (κ2) is 10.6. The summed E-state index contributed by atoms with van der Waals surface area (Å²) in [6.07, 6.45) is 0. The molecule has 0 N–H and O–H groups in total. The van der Waals surface area contributed by atoms with Crippen molar-refractivity contribution in [3.63, 3.8) is 0 Å². The van der Waals surface area contributed by atoms with E-state index < -0.39 is 0 Å². The number of hydrogen-bond donors (Lipinski definition) is 0. The van der Waals surface area contributed by atoms with E-state index in [9.17, 15) is 0 Å². The van der Waals surface area contributed by atoms with Crippen molar-refractivity contribution < 1.29 is 4.74 Å². The molecule has 6 aromatic carbocycles. The minimum atomic E-state index is 0.0538. The lowest BCUT2D eigenvalue weighted by molar-refractivity contribution is 0.484. The SMILES string of the molecule is CC(C)(C)c1cccc(-n2c3ccccc3c3ccc(Oc4ccc5c6ccccc6n(-c6cccc(C(C)(C)C)c6)c5c4)cc32)c1. The van der Waals surface area contributed by atoms with Gasteiger partial charge in [0, 0.05) is 45.1 Å². The normalized spacial score (nSPS) is 12.5. The van der Waals surface area contributed by atoms with Crippen LogP contribution in [0.4, 0.5) is 0 Å². The molecule has 232 valence electrons. The Balaban J connectivity index is 1.27. The van der Waals surface area contributed by atoms with Crippen molar-refractivity contribution >= 4 is 43.6 Å². The molecule has 0 amide bonds. The van der Waals surface area contributed by atoms with E-state index in [2.05, 4.69) is 184 Å². The molecular formula is C44H40N2O. The van der Waals surface area contributed by atoms with E-state index in [4.69, 9.17) is 4.74 Å². The molecule has 2 aromatic heterocycles. The summed E-state index contributed by atoms with van der Waals surface area (Å²) in [6.45, 7) is 13.6. The molecule has 0 unspecified atom stereocenters. The second-order valence-electron chi connectivity index (χ2n) is 14.8. The van der Waals surface area contributed by atoms with Gasteiger partial charge in [-0.3, -0.25) is 0 Å². The van der Waals surface area contributed by atoms with Crippen LogP contribution < -0.4 is 4.74 Å². The summed E-state index contributed by atoms with van der Waals surface area (Å²) >= 11 is 0. The molecule has 8 aromatic rings. The molecule has 0 bridgehead atoms. The molecule has 0 aliphatic heterocycles. The lowest BCUT2D eigenvalue weighted by atomic mass is 9.87. The minimum Gasteiger partial charge on any atom is -0.457 e. The van der Waals surface area contributed by atoms with Gasteiger partial charge >= 0.3 is 0 Å². The zero-order valence-corrected chi connectivity index (χ0v) is 28.0. The number of benzene rings is 6. The van der Waals surface area contributed by atoms with E-state index >= 15 is 0 Å². The van der Waals surface area contributed by atoms with Gasteiger partial charge in [-0.25, -0.2) is 0 Å². The van der Waals surface area contributed by atoms with E-state index in [1.807, 2.05) is 0 Å². The van der Waals surface area contributed by atoms with Crippen LogP contribution in [0, 0.1) is 0 Å². The van der Waals surface area contributed by atoms with Crippen LogP contribution in [0.25, 0.3) is 55.0 Å². The lowest BCUT2D eigenvalue weighted by Gasteiger charge is -2.20. The van der Waals surface area contributed by atoms with Crippen LogP contribution in [0.5, 0.6) is 11.5 Å². The van der Waals surface area contributed by atoms with Gasteiger partial charge in [-0.2, -0.15) is 0 Å². The summed E-state index contributed by atoms with van der Waals surface area (Å²) in [5, 5.41) is 4.89. The molecule has 8 rings (SSSR count). The third-order valence-corrected chi connectivity index (χ3v) is 9.47. The minimum absolute atomic E-state index is 0.0538. The number of aromatic nitrogens is 2. The molecule has 0 saturated heterocycles. The maximum absolute atomic E-state index is 6.70. The fourth-order valence-electron chi connectivity index (χ4n) is 6.94. The molecule has 0 atom stereocenters. The highest BCUT2D eigenvalue weighted by molar-refractivity contribution is 6.10. The van der Waals surface area contributed by atoms with Crippen molar-refractivity contribution in [2.45, 2.75) is 52.4 Å².